The summed E-state index contributed by atoms with van der Waals surface area (Å²) in [5, 5.41) is 9.65. The molecule has 0 aliphatic carbocycles. The van der Waals surface area contributed by atoms with E-state index in [0.29, 0.717) is 33.4 Å². The van der Waals surface area contributed by atoms with E-state index in [1.54, 1.807) is 19.1 Å². The Morgan fingerprint density at radius 1 is 1.31 bits per heavy atom. The third-order valence-corrected chi connectivity index (χ3v) is 5.39. The van der Waals surface area contributed by atoms with Gasteiger partial charge < -0.3 is 14.3 Å². The summed E-state index contributed by atoms with van der Waals surface area (Å²) in [4.78, 5) is 23.1. The van der Waals surface area contributed by atoms with Gasteiger partial charge in [0.1, 0.15) is 16.8 Å². The zero-order valence-corrected chi connectivity index (χ0v) is 17.5. The first kappa shape index (κ1) is 18.9. The van der Waals surface area contributed by atoms with Crippen LogP contribution in [0.25, 0.3) is 11.0 Å². The molecule has 0 spiro atoms. The zero-order valence-electron chi connectivity index (χ0n) is 13.7. The lowest BCUT2D eigenvalue weighted by Crippen LogP contribution is -2.15. The highest BCUT2D eigenvalue weighted by Gasteiger charge is 2.17. The lowest BCUT2D eigenvalue weighted by atomic mass is 10.0. The van der Waals surface area contributed by atoms with Crippen LogP contribution in [0, 0.1) is 10.5 Å². The van der Waals surface area contributed by atoms with Crippen LogP contribution in [0.1, 0.15) is 16.7 Å². The summed E-state index contributed by atoms with van der Waals surface area (Å²) in [5.74, 6) is -0.527. The molecule has 1 N–H and O–H groups in total. The van der Waals surface area contributed by atoms with E-state index in [4.69, 9.17) is 14.3 Å². The molecule has 1 heterocycles. The number of carbonyl (C=O) groups is 1. The highest BCUT2D eigenvalue weighted by Crippen LogP contribution is 2.35. The highest BCUT2D eigenvalue weighted by atomic mass is 127. The van der Waals surface area contributed by atoms with Crippen LogP contribution < -0.4 is 10.4 Å². The van der Waals surface area contributed by atoms with Gasteiger partial charge in [0.15, 0.2) is 5.58 Å². The summed E-state index contributed by atoms with van der Waals surface area (Å²) in [5.41, 5.74) is 1.49. The van der Waals surface area contributed by atoms with Gasteiger partial charge in [-0.2, -0.15) is 0 Å². The van der Waals surface area contributed by atoms with Gasteiger partial charge in [-0.3, -0.25) is 4.79 Å². The fourth-order valence-electron chi connectivity index (χ4n) is 2.66. The second kappa shape index (κ2) is 7.79. The zero-order chi connectivity index (χ0) is 18.8. The second-order valence-corrected chi connectivity index (χ2v) is 7.78. The third kappa shape index (κ3) is 3.93. The smallest absolute Gasteiger partial charge is 0.340 e. The Labute approximate surface area is 171 Å². The van der Waals surface area contributed by atoms with Crippen LogP contribution in [0.2, 0.25) is 0 Å². The lowest BCUT2D eigenvalue weighted by Gasteiger charge is -2.12. The summed E-state index contributed by atoms with van der Waals surface area (Å²) < 4.78 is 12.9. The van der Waals surface area contributed by atoms with Crippen molar-refractivity contribution in [2.75, 3.05) is 0 Å². The molecule has 3 aromatic rings. The predicted molar refractivity (Wildman–Crippen MR) is 110 cm³/mol. The number of hydrogen-bond donors (Lipinski definition) is 1. The second-order valence-electron chi connectivity index (χ2n) is 5.74. The van der Waals surface area contributed by atoms with Crippen LogP contribution in [0.3, 0.4) is 0 Å². The molecule has 0 saturated heterocycles. The quantitative estimate of drug-likeness (QED) is 0.384. The number of aliphatic carboxylic acids is 1. The van der Waals surface area contributed by atoms with Gasteiger partial charge in [0.05, 0.1) is 12.0 Å². The molecular weight excluding hydrogens is 515 g/mol. The maximum absolute atomic E-state index is 12.2. The molecule has 3 rings (SSSR count). The van der Waals surface area contributed by atoms with E-state index in [2.05, 4.69) is 38.5 Å². The van der Waals surface area contributed by atoms with Crippen molar-refractivity contribution >= 4 is 55.5 Å². The molecular formula is C19H14BrIO5. The number of rotatable bonds is 5. The Kier molecular flexibility index (Phi) is 5.67. The average molecular weight is 529 g/mol. The minimum Gasteiger partial charge on any atom is -0.488 e. The van der Waals surface area contributed by atoms with Crippen LogP contribution in [0.5, 0.6) is 5.75 Å². The maximum atomic E-state index is 12.2. The first-order valence-electron chi connectivity index (χ1n) is 7.70. The van der Waals surface area contributed by atoms with Gasteiger partial charge in [-0.15, -0.1) is 0 Å². The molecule has 0 atom stereocenters. The predicted octanol–water partition coefficient (Wildman–Crippen LogP) is 4.67. The van der Waals surface area contributed by atoms with E-state index >= 15 is 0 Å². The molecule has 0 radical (unpaired) electrons. The Balaban J connectivity index is 1.98. The lowest BCUT2D eigenvalue weighted by molar-refractivity contribution is -0.136. The fraction of sp³-hybridized carbons (Fsp3) is 0.158. The van der Waals surface area contributed by atoms with Crippen molar-refractivity contribution in [1.82, 2.24) is 0 Å². The first-order chi connectivity index (χ1) is 12.4. The van der Waals surface area contributed by atoms with Crippen molar-refractivity contribution in [1.29, 1.82) is 0 Å². The maximum Gasteiger partial charge on any atom is 0.340 e. The Morgan fingerprint density at radius 2 is 2.08 bits per heavy atom. The minimum atomic E-state index is -1.07. The fourth-order valence-corrected chi connectivity index (χ4v) is 3.81. The van der Waals surface area contributed by atoms with Crippen LogP contribution in [-0.2, 0) is 17.8 Å². The molecule has 0 aliphatic heterocycles. The summed E-state index contributed by atoms with van der Waals surface area (Å²) in [6, 6.07) is 11.5. The van der Waals surface area contributed by atoms with Crippen LogP contribution in [0.4, 0.5) is 0 Å². The van der Waals surface area contributed by atoms with Gasteiger partial charge in [0.25, 0.3) is 0 Å². The molecule has 0 fully saturated rings. The number of carboxylic acids is 1. The van der Waals surface area contributed by atoms with E-state index in [-0.39, 0.29) is 12.0 Å². The summed E-state index contributed by atoms with van der Waals surface area (Å²) in [7, 11) is 0. The molecule has 0 saturated carbocycles. The number of aryl methyl sites for hydroxylation is 1. The molecule has 1 aromatic heterocycles. The molecule has 0 amide bonds. The molecule has 7 heteroatoms. The highest BCUT2D eigenvalue weighted by molar-refractivity contribution is 14.1. The van der Waals surface area contributed by atoms with E-state index in [1.807, 2.05) is 24.3 Å². The number of fused-ring (bicyclic) bond motifs is 1. The molecule has 5 nitrogen and oxygen atoms in total. The van der Waals surface area contributed by atoms with Crippen molar-refractivity contribution in [3.63, 3.8) is 0 Å². The number of halogens is 2. The summed E-state index contributed by atoms with van der Waals surface area (Å²) >= 11 is 5.68. The van der Waals surface area contributed by atoms with Crippen LogP contribution >= 0.6 is 38.5 Å². The topological polar surface area (TPSA) is 76.7 Å². The monoisotopic (exact) mass is 528 g/mol. The molecule has 26 heavy (non-hydrogen) atoms. The number of carboxylic acid groups (broad SMARTS) is 1. The van der Waals surface area contributed by atoms with Crippen LogP contribution in [-0.4, -0.2) is 11.1 Å². The van der Waals surface area contributed by atoms with Crippen LogP contribution in [0.15, 0.2) is 50.1 Å². The molecule has 0 bridgehead atoms. The molecule has 0 unspecified atom stereocenters. The summed E-state index contributed by atoms with van der Waals surface area (Å²) in [6.45, 7) is 2.09. The van der Waals surface area contributed by atoms with E-state index in [1.165, 1.54) is 0 Å². The molecule has 2 aromatic carbocycles. The number of benzene rings is 2. The van der Waals surface area contributed by atoms with Gasteiger partial charge in [0.2, 0.25) is 0 Å². The van der Waals surface area contributed by atoms with Crippen molar-refractivity contribution in [2.45, 2.75) is 20.0 Å². The van der Waals surface area contributed by atoms with Crippen molar-refractivity contribution < 1.29 is 19.1 Å². The minimum absolute atomic E-state index is 0.157. The largest absolute Gasteiger partial charge is 0.488 e. The van der Waals surface area contributed by atoms with E-state index in [0.717, 1.165) is 9.13 Å². The van der Waals surface area contributed by atoms with Gasteiger partial charge in [-0.05, 0) is 80.8 Å². The number of hydrogen-bond acceptors (Lipinski definition) is 4. The number of ether oxygens (including phenoxy) is 1. The SMILES string of the molecule is Cc1c(CC(=O)O)c(=O)oc2c(Br)c(OCc3cccc(I)c3)ccc12. The van der Waals surface area contributed by atoms with Gasteiger partial charge >= 0.3 is 11.6 Å². The normalized spacial score (nSPS) is 10.9. The third-order valence-electron chi connectivity index (χ3n) is 3.97. The Bertz CT molecular complexity index is 1060. The standard InChI is InChI=1S/C19H14BrIO5/c1-10-13-5-6-15(25-9-11-3-2-4-12(21)7-11)17(20)18(13)26-19(24)14(10)8-16(22)23/h2-7H,8-9H2,1H3,(H,22,23). The van der Waals surface area contributed by atoms with Crippen molar-refractivity contribution in [3.8, 4) is 5.75 Å². The Hall–Kier alpha value is -1.87. The van der Waals surface area contributed by atoms with Crippen molar-refractivity contribution in [3.05, 3.63) is 71.6 Å². The van der Waals surface area contributed by atoms with E-state index in [9.17, 15) is 9.59 Å². The Morgan fingerprint density at radius 3 is 2.77 bits per heavy atom. The van der Waals surface area contributed by atoms with Crippen molar-refractivity contribution in [2.24, 2.45) is 0 Å². The first-order valence-corrected chi connectivity index (χ1v) is 9.58. The molecule has 134 valence electrons. The van der Waals surface area contributed by atoms with Gasteiger partial charge in [0, 0.05) is 8.96 Å². The van der Waals surface area contributed by atoms with Gasteiger partial charge in [-0.25, -0.2) is 4.79 Å². The average Bonchev–Trinajstić information content (AvgIpc) is 2.58. The van der Waals surface area contributed by atoms with E-state index < -0.39 is 11.6 Å². The summed E-state index contributed by atoms with van der Waals surface area (Å²) in [6.07, 6.45) is -0.368. The van der Waals surface area contributed by atoms with Gasteiger partial charge in [-0.1, -0.05) is 12.1 Å². The molecule has 0 aliphatic rings.